The number of ether oxygens (including phenoxy) is 1. The van der Waals surface area contributed by atoms with Crippen LogP contribution in [0.1, 0.15) is 19.8 Å². The predicted octanol–water partition coefficient (Wildman–Crippen LogP) is 3.39. The maximum atomic E-state index is 12.1. The van der Waals surface area contributed by atoms with Gasteiger partial charge in [0.25, 0.3) is 0 Å². The maximum Gasteiger partial charge on any atom is 0.573 e. The number of halogens is 3. The Morgan fingerprint density at radius 1 is 1.20 bits per heavy atom. The van der Waals surface area contributed by atoms with Crippen LogP contribution >= 0.6 is 0 Å². The van der Waals surface area contributed by atoms with Crippen LogP contribution in [-0.4, -0.2) is 25.2 Å². The highest BCUT2D eigenvalue weighted by Crippen LogP contribution is 2.28. The molecule has 1 saturated heterocycles. The van der Waals surface area contributed by atoms with Gasteiger partial charge >= 0.3 is 6.36 Å². The van der Waals surface area contributed by atoms with E-state index in [2.05, 4.69) is 9.64 Å². The van der Waals surface area contributed by atoms with Crippen molar-refractivity contribution in [1.82, 2.24) is 0 Å². The van der Waals surface area contributed by atoms with Gasteiger partial charge in [0.15, 0.2) is 0 Å². The largest absolute Gasteiger partial charge is 0.573 e. The topological polar surface area (TPSA) is 29.5 Å². The first kappa shape index (κ1) is 14.7. The molecule has 0 spiro atoms. The van der Waals surface area contributed by atoms with Gasteiger partial charge in [0.2, 0.25) is 0 Å². The first-order chi connectivity index (χ1) is 9.35. The average molecular weight is 287 g/mol. The second kappa shape index (κ2) is 5.73. The van der Waals surface area contributed by atoms with Crippen LogP contribution in [0, 0.1) is 5.92 Å². The molecule has 1 aromatic carbocycles. The van der Waals surface area contributed by atoms with E-state index >= 15 is 0 Å². The summed E-state index contributed by atoms with van der Waals surface area (Å²) in [7, 11) is 0. The third kappa shape index (κ3) is 3.88. The zero-order valence-electron chi connectivity index (χ0n) is 11.1. The fraction of sp³-hybridized carbons (Fsp3) is 0.500. The van der Waals surface area contributed by atoms with Gasteiger partial charge in [-0.15, -0.1) is 13.2 Å². The fourth-order valence-corrected chi connectivity index (χ4v) is 2.40. The molecule has 1 aliphatic rings. The second-order valence-corrected chi connectivity index (χ2v) is 4.91. The Balaban J connectivity index is 1.96. The van der Waals surface area contributed by atoms with Crippen LogP contribution in [-0.2, 0) is 4.79 Å². The molecule has 20 heavy (non-hydrogen) atoms. The molecule has 0 radical (unpaired) electrons. The van der Waals surface area contributed by atoms with E-state index in [-0.39, 0.29) is 17.5 Å². The Bertz CT molecular complexity index is 462. The normalized spacial score (nSPS) is 17.1. The van der Waals surface area contributed by atoms with Crippen molar-refractivity contribution in [2.75, 3.05) is 18.0 Å². The van der Waals surface area contributed by atoms with Gasteiger partial charge in [-0.05, 0) is 44.0 Å². The Morgan fingerprint density at radius 2 is 1.75 bits per heavy atom. The molecule has 6 heteroatoms. The molecule has 1 heterocycles. The summed E-state index contributed by atoms with van der Waals surface area (Å²) in [4.78, 5) is 13.3. The van der Waals surface area contributed by atoms with Crippen LogP contribution in [0.3, 0.4) is 0 Å². The van der Waals surface area contributed by atoms with E-state index in [1.165, 1.54) is 12.1 Å². The minimum atomic E-state index is -4.67. The molecule has 0 aromatic heterocycles. The average Bonchev–Trinajstić information content (AvgIpc) is 2.38. The lowest BCUT2D eigenvalue weighted by Crippen LogP contribution is -2.35. The van der Waals surface area contributed by atoms with Gasteiger partial charge < -0.3 is 9.64 Å². The lowest BCUT2D eigenvalue weighted by molar-refractivity contribution is -0.274. The number of benzene rings is 1. The van der Waals surface area contributed by atoms with Gasteiger partial charge in [-0.1, -0.05) is 0 Å². The SMILES string of the molecule is CC(=O)C1CCN(c2ccc(OC(F)(F)F)cc2)CC1. The van der Waals surface area contributed by atoms with Crippen molar-refractivity contribution in [1.29, 1.82) is 0 Å². The number of hydrogen-bond donors (Lipinski definition) is 0. The molecule has 0 N–H and O–H groups in total. The molecule has 0 aliphatic carbocycles. The van der Waals surface area contributed by atoms with E-state index in [9.17, 15) is 18.0 Å². The molecule has 0 atom stereocenters. The van der Waals surface area contributed by atoms with E-state index in [1.54, 1.807) is 19.1 Å². The van der Waals surface area contributed by atoms with E-state index in [0.717, 1.165) is 31.6 Å². The summed E-state index contributed by atoms with van der Waals surface area (Å²) < 4.78 is 40.0. The van der Waals surface area contributed by atoms with Gasteiger partial charge in [-0.25, -0.2) is 0 Å². The lowest BCUT2D eigenvalue weighted by Gasteiger charge is -2.32. The van der Waals surface area contributed by atoms with Crippen LogP contribution in [0.2, 0.25) is 0 Å². The van der Waals surface area contributed by atoms with E-state index in [1.807, 2.05) is 0 Å². The van der Waals surface area contributed by atoms with Gasteiger partial charge in [-0.2, -0.15) is 0 Å². The summed E-state index contributed by atoms with van der Waals surface area (Å²) in [6.07, 6.45) is -3.09. The number of hydrogen-bond acceptors (Lipinski definition) is 3. The van der Waals surface area contributed by atoms with Gasteiger partial charge in [0.1, 0.15) is 11.5 Å². The maximum absolute atomic E-state index is 12.1. The summed E-state index contributed by atoms with van der Waals surface area (Å²) in [6.45, 7) is 3.08. The Labute approximate surface area is 115 Å². The number of anilines is 1. The Kier molecular flexibility index (Phi) is 4.20. The monoisotopic (exact) mass is 287 g/mol. The van der Waals surface area contributed by atoms with Crippen molar-refractivity contribution in [3.8, 4) is 5.75 Å². The molecule has 0 amide bonds. The lowest BCUT2D eigenvalue weighted by atomic mass is 9.93. The predicted molar refractivity (Wildman–Crippen MR) is 68.7 cm³/mol. The van der Waals surface area contributed by atoms with Crippen molar-refractivity contribution in [3.63, 3.8) is 0 Å². The smallest absolute Gasteiger partial charge is 0.406 e. The Hall–Kier alpha value is -1.72. The van der Waals surface area contributed by atoms with Crippen LogP contribution < -0.4 is 9.64 Å². The highest BCUT2D eigenvalue weighted by Gasteiger charge is 2.31. The summed E-state index contributed by atoms with van der Waals surface area (Å²) in [5, 5.41) is 0. The summed E-state index contributed by atoms with van der Waals surface area (Å²) in [6, 6.07) is 5.82. The number of piperidine rings is 1. The zero-order chi connectivity index (χ0) is 14.8. The molecule has 3 nitrogen and oxygen atoms in total. The van der Waals surface area contributed by atoms with Crippen LogP contribution in [0.25, 0.3) is 0 Å². The van der Waals surface area contributed by atoms with Crippen LogP contribution in [0.5, 0.6) is 5.75 Å². The second-order valence-electron chi connectivity index (χ2n) is 4.91. The fourth-order valence-electron chi connectivity index (χ4n) is 2.40. The molecule has 0 bridgehead atoms. The van der Waals surface area contributed by atoms with Gasteiger partial charge in [-0.3, -0.25) is 4.79 Å². The molecular weight excluding hydrogens is 271 g/mol. The number of Topliss-reactive ketones (excluding diaryl/α,β-unsaturated/α-hetero) is 1. The summed E-state index contributed by atoms with van der Waals surface area (Å²) >= 11 is 0. The third-order valence-electron chi connectivity index (χ3n) is 3.51. The number of rotatable bonds is 3. The molecule has 0 saturated carbocycles. The zero-order valence-corrected chi connectivity index (χ0v) is 11.1. The number of ketones is 1. The number of alkyl halides is 3. The molecule has 1 fully saturated rings. The van der Waals surface area contributed by atoms with Crippen molar-refractivity contribution in [2.45, 2.75) is 26.1 Å². The van der Waals surface area contributed by atoms with Crippen LogP contribution in [0.15, 0.2) is 24.3 Å². The van der Waals surface area contributed by atoms with E-state index in [0.29, 0.717) is 0 Å². The van der Waals surface area contributed by atoms with E-state index in [4.69, 9.17) is 0 Å². The molecule has 0 unspecified atom stereocenters. The molecule has 2 rings (SSSR count). The first-order valence-corrected chi connectivity index (χ1v) is 6.46. The number of nitrogens with zero attached hydrogens (tertiary/aromatic N) is 1. The summed E-state index contributed by atoms with van der Waals surface area (Å²) in [5.41, 5.74) is 0.849. The quantitative estimate of drug-likeness (QED) is 0.853. The minimum absolute atomic E-state index is 0.110. The summed E-state index contributed by atoms with van der Waals surface area (Å²) in [5.74, 6) is 0.0949. The van der Waals surface area contributed by atoms with Gasteiger partial charge in [0.05, 0.1) is 0 Å². The van der Waals surface area contributed by atoms with Crippen molar-refractivity contribution < 1.29 is 22.7 Å². The molecule has 110 valence electrons. The minimum Gasteiger partial charge on any atom is -0.406 e. The molecule has 1 aromatic rings. The Morgan fingerprint density at radius 3 is 2.20 bits per heavy atom. The molecular formula is C14H16F3NO2. The van der Waals surface area contributed by atoms with Crippen LogP contribution in [0.4, 0.5) is 18.9 Å². The standard InChI is InChI=1S/C14H16F3NO2/c1-10(19)11-6-8-18(9-7-11)12-2-4-13(5-3-12)20-14(15,16)17/h2-5,11H,6-9H2,1H3. The highest BCUT2D eigenvalue weighted by atomic mass is 19.4. The molecule has 1 aliphatic heterocycles. The van der Waals surface area contributed by atoms with Crippen molar-refractivity contribution in [2.24, 2.45) is 5.92 Å². The number of carbonyl (C=O) groups is 1. The first-order valence-electron chi connectivity index (χ1n) is 6.46. The van der Waals surface area contributed by atoms with Gasteiger partial charge in [0, 0.05) is 24.7 Å². The van der Waals surface area contributed by atoms with Crippen molar-refractivity contribution in [3.05, 3.63) is 24.3 Å². The third-order valence-corrected chi connectivity index (χ3v) is 3.51. The highest BCUT2D eigenvalue weighted by molar-refractivity contribution is 5.78. The number of carbonyl (C=O) groups excluding carboxylic acids is 1. The van der Waals surface area contributed by atoms with E-state index < -0.39 is 6.36 Å². The van der Waals surface area contributed by atoms with Crippen molar-refractivity contribution >= 4 is 11.5 Å².